The molecule has 0 radical (unpaired) electrons. The maximum atomic E-state index is 10.9. The third-order valence-electron chi connectivity index (χ3n) is 1.62. The van der Waals surface area contributed by atoms with Crippen LogP contribution in [0.2, 0.25) is 0 Å². The molecule has 0 amide bonds. The Balaban J connectivity index is 2.90. The molecule has 6 heteroatoms. The van der Waals surface area contributed by atoms with Crippen molar-refractivity contribution in [1.29, 1.82) is 0 Å². The van der Waals surface area contributed by atoms with Gasteiger partial charge in [0, 0.05) is 5.57 Å². The molecule has 1 aliphatic carbocycles. The standard InChI is InChI=1S/C7H9NO4S/c1-12-7(9)5-2-3-6(4-5)13(8,10)11/h3-4H,2H2,1H3,(H2,8,10,11). The number of hydrogen-bond donors (Lipinski definition) is 1. The minimum absolute atomic E-state index is 0.0344. The van der Waals surface area contributed by atoms with Crippen molar-refractivity contribution in [2.45, 2.75) is 6.42 Å². The van der Waals surface area contributed by atoms with Crippen molar-refractivity contribution in [3.05, 3.63) is 22.6 Å². The molecule has 0 spiro atoms. The van der Waals surface area contributed by atoms with Crippen molar-refractivity contribution in [2.75, 3.05) is 7.11 Å². The third-order valence-corrected chi connectivity index (χ3v) is 2.56. The molecular formula is C7H9NO4S. The van der Waals surface area contributed by atoms with Gasteiger partial charge < -0.3 is 4.74 Å². The highest BCUT2D eigenvalue weighted by atomic mass is 32.2. The average molecular weight is 203 g/mol. The van der Waals surface area contributed by atoms with Gasteiger partial charge >= 0.3 is 5.97 Å². The highest BCUT2D eigenvalue weighted by molar-refractivity contribution is 7.93. The molecule has 0 aromatic carbocycles. The van der Waals surface area contributed by atoms with E-state index in [1.165, 1.54) is 19.3 Å². The monoisotopic (exact) mass is 203 g/mol. The van der Waals surface area contributed by atoms with E-state index >= 15 is 0 Å². The summed E-state index contributed by atoms with van der Waals surface area (Å²) in [6, 6.07) is 0. The van der Waals surface area contributed by atoms with Gasteiger partial charge in [-0.05, 0) is 12.5 Å². The molecule has 0 bridgehead atoms. The molecule has 0 aromatic heterocycles. The van der Waals surface area contributed by atoms with E-state index in [2.05, 4.69) is 4.74 Å². The molecule has 0 saturated heterocycles. The second-order valence-corrected chi connectivity index (χ2v) is 4.08. The molecule has 1 rings (SSSR count). The minimum atomic E-state index is -3.70. The lowest BCUT2D eigenvalue weighted by Gasteiger charge is -1.96. The fourth-order valence-corrected chi connectivity index (χ4v) is 1.59. The molecular weight excluding hydrogens is 194 g/mol. The van der Waals surface area contributed by atoms with E-state index < -0.39 is 16.0 Å². The normalized spacial score (nSPS) is 16.5. The van der Waals surface area contributed by atoms with E-state index in [-0.39, 0.29) is 11.3 Å². The zero-order valence-corrected chi connectivity index (χ0v) is 7.80. The quantitative estimate of drug-likeness (QED) is 0.622. The molecule has 0 saturated carbocycles. The Labute approximate surface area is 75.9 Å². The third kappa shape index (κ3) is 2.16. The van der Waals surface area contributed by atoms with E-state index in [4.69, 9.17) is 5.14 Å². The second-order valence-electron chi connectivity index (χ2n) is 2.52. The number of nitrogens with two attached hydrogens (primary N) is 1. The molecule has 0 heterocycles. The largest absolute Gasteiger partial charge is 0.466 e. The molecule has 2 N–H and O–H groups in total. The van der Waals surface area contributed by atoms with Crippen molar-refractivity contribution in [3.8, 4) is 0 Å². The van der Waals surface area contributed by atoms with Crippen LogP contribution in [0, 0.1) is 0 Å². The Hall–Kier alpha value is -1.14. The fourth-order valence-electron chi connectivity index (χ4n) is 0.972. The molecule has 13 heavy (non-hydrogen) atoms. The molecule has 0 atom stereocenters. The van der Waals surface area contributed by atoms with E-state index in [1.54, 1.807) is 0 Å². The summed E-state index contributed by atoms with van der Waals surface area (Å²) in [5.74, 6) is -0.532. The average Bonchev–Trinajstić information content (AvgIpc) is 2.50. The summed E-state index contributed by atoms with van der Waals surface area (Å²) in [6.45, 7) is 0. The van der Waals surface area contributed by atoms with Gasteiger partial charge in [-0.3, -0.25) is 0 Å². The van der Waals surface area contributed by atoms with Gasteiger partial charge in [0.2, 0.25) is 10.0 Å². The Morgan fingerprint density at radius 2 is 2.23 bits per heavy atom. The number of methoxy groups -OCH3 is 1. The number of carbonyl (C=O) groups excluding carboxylic acids is 1. The number of esters is 1. The van der Waals surface area contributed by atoms with Crippen LogP contribution in [0.25, 0.3) is 0 Å². The van der Waals surface area contributed by atoms with E-state index in [1.807, 2.05) is 0 Å². The number of carbonyl (C=O) groups is 1. The number of hydrogen-bond acceptors (Lipinski definition) is 4. The zero-order valence-electron chi connectivity index (χ0n) is 6.98. The summed E-state index contributed by atoms with van der Waals surface area (Å²) in [5, 5.41) is 4.85. The first-order valence-corrected chi connectivity index (χ1v) is 5.01. The summed E-state index contributed by atoms with van der Waals surface area (Å²) in [6.07, 6.45) is 2.85. The molecule has 0 aliphatic heterocycles. The van der Waals surface area contributed by atoms with Gasteiger partial charge in [-0.1, -0.05) is 6.08 Å². The highest BCUT2D eigenvalue weighted by Crippen LogP contribution is 2.20. The lowest BCUT2D eigenvalue weighted by Crippen LogP contribution is -2.12. The van der Waals surface area contributed by atoms with Crippen molar-refractivity contribution < 1.29 is 17.9 Å². The second kappa shape index (κ2) is 3.31. The predicted molar refractivity (Wildman–Crippen MR) is 45.9 cm³/mol. The van der Waals surface area contributed by atoms with Crippen LogP contribution in [0.5, 0.6) is 0 Å². The topological polar surface area (TPSA) is 86.5 Å². The zero-order chi connectivity index (χ0) is 10.1. The van der Waals surface area contributed by atoms with Gasteiger partial charge in [0.1, 0.15) is 0 Å². The number of sulfonamides is 1. The number of ether oxygens (including phenoxy) is 1. The maximum Gasteiger partial charge on any atom is 0.334 e. The van der Waals surface area contributed by atoms with E-state index in [0.717, 1.165) is 0 Å². The van der Waals surface area contributed by atoms with Gasteiger partial charge in [-0.2, -0.15) is 0 Å². The lowest BCUT2D eigenvalue weighted by atomic mass is 10.2. The maximum absolute atomic E-state index is 10.9. The van der Waals surface area contributed by atoms with Crippen molar-refractivity contribution in [3.63, 3.8) is 0 Å². The molecule has 0 aromatic rings. The van der Waals surface area contributed by atoms with Crippen LogP contribution in [0.15, 0.2) is 22.6 Å². The van der Waals surface area contributed by atoms with Gasteiger partial charge in [0.25, 0.3) is 0 Å². The van der Waals surface area contributed by atoms with Crippen molar-refractivity contribution >= 4 is 16.0 Å². The van der Waals surface area contributed by atoms with E-state index in [9.17, 15) is 13.2 Å². The molecule has 1 aliphatic rings. The van der Waals surface area contributed by atoms with Crippen LogP contribution in [0.1, 0.15) is 6.42 Å². The minimum Gasteiger partial charge on any atom is -0.466 e. The van der Waals surface area contributed by atoms with Crippen LogP contribution in [-0.4, -0.2) is 21.5 Å². The highest BCUT2D eigenvalue weighted by Gasteiger charge is 2.20. The van der Waals surface area contributed by atoms with Gasteiger partial charge in [-0.15, -0.1) is 0 Å². The van der Waals surface area contributed by atoms with Crippen LogP contribution in [0.3, 0.4) is 0 Å². The first-order valence-electron chi connectivity index (χ1n) is 3.47. The molecule has 0 unspecified atom stereocenters. The Morgan fingerprint density at radius 1 is 1.62 bits per heavy atom. The fraction of sp³-hybridized carbons (Fsp3) is 0.286. The number of primary sulfonamides is 1. The Morgan fingerprint density at radius 3 is 2.62 bits per heavy atom. The van der Waals surface area contributed by atoms with Crippen LogP contribution < -0.4 is 5.14 Å². The van der Waals surface area contributed by atoms with E-state index in [0.29, 0.717) is 5.57 Å². The van der Waals surface area contributed by atoms with Gasteiger partial charge in [0.15, 0.2) is 0 Å². The molecule has 0 fully saturated rings. The summed E-state index contributed by atoms with van der Waals surface area (Å²) >= 11 is 0. The van der Waals surface area contributed by atoms with Crippen molar-refractivity contribution in [2.24, 2.45) is 5.14 Å². The predicted octanol–water partition coefficient (Wildman–Crippen LogP) is -0.338. The van der Waals surface area contributed by atoms with Crippen LogP contribution in [-0.2, 0) is 19.6 Å². The SMILES string of the molecule is COC(=O)C1=CC(S(N)(=O)=O)=CC1. The number of allylic oxidation sites excluding steroid dienone is 2. The lowest BCUT2D eigenvalue weighted by molar-refractivity contribution is -0.136. The first-order chi connectivity index (χ1) is 5.95. The van der Waals surface area contributed by atoms with Gasteiger partial charge in [0.05, 0.1) is 12.0 Å². The Bertz CT molecular complexity index is 391. The van der Waals surface area contributed by atoms with Gasteiger partial charge in [-0.25, -0.2) is 18.4 Å². The summed E-state index contributed by atoms with van der Waals surface area (Å²) in [7, 11) is -2.47. The first kappa shape index (κ1) is 9.94. The Kier molecular flexibility index (Phi) is 2.53. The molecule has 72 valence electrons. The summed E-state index contributed by atoms with van der Waals surface area (Å²) in [5.41, 5.74) is 0.298. The summed E-state index contributed by atoms with van der Waals surface area (Å²) in [4.78, 5) is 10.9. The number of rotatable bonds is 2. The summed E-state index contributed by atoms with van der Waals surface area (Å²) < 4.78 is 26.0. The van der Waals surface area contributed by atoms with Crippen LogP contribution >= 0.6 is 0 Å². The van der Waals surface area contributed by atoms with Crippen molar-refractivity contribution in [1.82, 2.24) is 0 Å². The molecule has 5 nitrogen and oxygen atoms in total. The smallest absolute Gasteiger partial charge is 0.334 e. The van der Waals surface area contributed by atoms with Crippen LogP contribution in [0.4, 0.5) is 0 Å².